The molecule has 1 fully saturated rings. The summed E-state index contributed by atoms with van der Waals surface area (Å²) in [6.07, 6.45) is 5.98. The van der Waals surface area contributed by atoms with E-state index >= 15 is 4.39 Å². The molecule has 0 saturated carbocycles. The summed E-state index contributed by atoms with van der Waals surface area (Å²) in [5.41, 5.74) is 1.36. The van der Waals surface area contributed by atoms with E-state index in [1.807, 2.05) is 24.3 Å². The predicted molar refractivity (Wildman–Crippen MR) is 131 cm³/mol. The van der Waals surface area contributed by atoms with E-state index in [9.17, 15) is 9.90 Å². The summed E-state index contributed by atoms with van der Waals surface area (Å²) in [6, 6.07) is 9.18. The standard InChI is InChI=1S/C26H31FN2O4S/c1-32-20-3-5-25-23(15-20)22(6-9-28-25)24(27)4-2-18-7-10-29(16-19(18)14-26(30)31)11-13-34-21-8-12-33-17-21/h3,5-6,8-9,12,15,17-19,24H,2,4,7,10-11,13-14,16H2,1H3,(H,30,31)/t18-,19+,24?/m1/s1. The summed E-state index contributed by atoms with van der Waals surface area (Å²) in [5, 5.41) is 10.2. The number of benzene rings is 1. The number of ether oxygens (including phenoxy) is 1. The number of pyridine rings is 1. The fraction of sp³-hybridized carbons (Fsp3) is 0.462. The van der Waals surface area contributed by atoms with Crippen LogP contribution in [0, 0.1) is 11.8 Å². The van der Waals surface area contributed by atoms with Crippen LogP contribution in [0.5, 0.6) is 5.75 Å². The molecule has 3 atom stereocenters. The van der Waals surface area contributed by atoms with E-state index in [1.165, 1.54) is 0 Å². The Kier molecular flexibility index (Phi) is 8.45. The van der Waals surface area contributed by atoms with Crippen LogP contribution in [0.4, 0.5) is 4.39 Å². The van der Waals surface area contributed by atoms with Gasteiger partial charge in [-0.15, -0.1) is 11.8 Å². The average Bonchev–Trinajstić information content (AvgIpc) is 3.36. The molecule has 0 radical (unpaired) electrons. The fourth-order valence-electron chi connectivity index (χ4n) is 4.88. The van der Waals surface area contributed by atoms with Gasteiger partial charge in [-0.2, -0.15) is 0 Å². The highest BCUT2D eigenvalue weighted by Gasteiger charge is 2.31. The Morgan fingerprint density at radius 2 is 2.24 bits per heavy atom. The first-order valence-corrected chi connectivity index (χ1v) is 12.7. The molecule has 3 aromatic rings. The quantitative estimate of drug-likeness (QED) is 0.342. The molecule has 0 amide bonds. The third-order valence-electron chi connectivity index (χ3n) is 6.69. The first-order valence-electron chi connectivity index (χ1n) is 11.7. The minimum absolute atomic E-state index is 0.0339. The van der Waals surface area contributed by atoms with Crippen molar-refractivity contribution >= 4 is 28.6 Å². The van der Waals surface area contributed by atoms with Crippen LogP contribution in [0.2, 0.25) is 0 Å². The molecule has 1 saturated heterocycles. The molecule has 0 spiro atoms. The van der Waals surface area contributed by atoms with Crippen LogP contribution in [-0.4, -0.2) is 53.5 Å². The number of aromatic nitrogens is 1. The van der Waals surface area contributed by atoms with Crippen LogP contribution in [0.25, 0.3) is 10.9 Å². The Hall–Kier alpha value is -2.58. The lowest BCUT2D eigenvalue weighted by molar-refractivity contribution is -0.139. The van der Waals surface area contributed by atoms with E-state index in [1.54, 1.807) is 43.7 Å². The Labute approximate surface area is 203 Å². The van der Waals surface area contributed by atoms with Crippen molar-refractivity contribution in [3.05, 3.63) is 54.6 Å². The summed E-state index contributed by atoms with van der Waals surface area (Å²) >= 11 is 1.74. The average molecular weight is 487 g/mol. The third kappa shape index (κ3) is 6.30. The molecule has 6 nitrogen and oxygen atoms in total. The van der Waals surface area contributed by atoms with Crippen molar-refractivity contribution in [3.8, 4) is 5.75 Å². The molecule has 0 aliphatic carbocycles. The summed E-state index contributed by atoms with van der Waals surface area (Å²) in [6.45, 7) is 2.56. The maximum Gasteiger partial charge on any atom is 0.303 e. The Morgan fingerprint density at radius 1 is 1.35 bits per heavy atom. The van der Waals surface area contributed by atoms with Crippen molar-refractivity contribution in [3.63, 3.8) is 0 Å². The lowest BCUT2D eigenvalue weighted by Gasteiger charge is -2.38. The lowest BCUT2D eigenvalue weighted by atomic mass is 9.79. The summed E-state index contributed by atoms with van der Waals surface area (Å²) in [5.74, 6) is 1.05. The highest BCUT2D eigenvalue weighted by molar-refractivity contribution is 7.99. The first-order chi connectivity index (χ1) is 16.5. The number of furan rings is 1. The molecule has 34 heavy (non-hydrogen) atoms. The van der Waals surface area contributed by atoms with Crippen LogP contribution in [0.1, 0.15) is 37.4 Å². The molecule has 182 valence electrons. The monoisotopic (exact) mass is 486 g/mol. The summed E-state index contributed by atoms with van der Waals surface area (Å²) < 4.78 is 25.8. The number of nitrogens with zero attached hydrogens (tertiary/aromatic N) is 2. The molecule has 2 aromatic heterocycles. The van der Waals surface area contributed by atoms with Crippen LogP contribution in [0.3, 0.4) is 0 Å². The third-order valence-corrected chi connectivity index (χ3v) is 7.65. The molecule has 4 rings (SSSR count). The van der Waals surface area contributed by atoms with Gasteiger partial charge in [-0.25, -0.2) is 4.39 Å². The van der Waals surface area contributed by atoms with E-state index in [4.69, 9.17) is 9.15 Å². The second-order valence-electron chi connectivity index (χ2n) is 8.84. The number of carbonyl (C=O) groups is 1. The van der Waals surface area contributed by atoms with Gasteiger partial charge in [0.15, 0.2) is 0 Å². The van der Waals surface area contributed by atoms with Gasteiger partial charge < -0.3 is 19.2 Å². The number of halogens is 1. The van der Waals surface area contributed by atoms with Gasteiger partial charge in [0.1, 0.15) is 18.2 Å². The van der Waals surface area contributed by atoms with Crippen molar-refractivity contribution in [1.82, 2.24) is 9.88 Å². The Bertz CT molecular complexity index is 1080. The fourth-order valence-corrected chi connectivity index (χ4v) is 5.74. The van der Waals surface area contributed by atoms with E-state index in [0.29, 0.717) is 24.2 Å². The SMILES string of the molecule is COc1ccc2nccc(C(F)CC[C@@H]3CCN(CCSc4ccoc4)C[C@@H]3CC(=O)O)c2c1. The molecule has 1 aliphatic heterocycles. The second kappa shape index (κ2) is 11.7. The van der Waals surface area contributed by atoms with Gasteiger partial charge in [0, 0.05) is 41.7 Å². The van der Waals surface area contributed by atoms with Crippen LogP contribution in [-0.2, 0) is 4.79 Å². The van der Waals surface area contributed by atoms with Crippen LogP contribution in [0.15, 0.2) is 58.4 Å². The van der Waals surface area contributed by atoms with Crippen molar-refractivity contribution in [1.29, 1.82) is 0 Å². The molecule has 1 aromatic carbocycles. The number of likely N-dealkylation sites (tertiary alicyclic amines) is 1. The molecule has 0 bridgehead atoms. The molecule has 3 heterocycles. The number of rotatable bonds is 11. The maximum absolute atomic E-state index is 15.4. The molecular weight excluding hydrogens is 455 g/mol. The number of methoxy groups -OCH3 is 1. The van der Waals surface area contributed by atoms with E-state index < -0.39 is 12.1 Å². The highest BCUT2D eigenvalue weighted by atomic mass is 32.2. The number of hydrogen-bond donors (Lipinski definition) is 1. The molecule has 1 unspecified atom stereocenters. The Balaban J connectivity index is 1.35. The number of carboxylic acids is 1. The van der Waals surface area contributed by atoms with Crippen LogP contribution < -0.4 is 4.74 Å². The minimum atomic E-state index is -1.13. The minimum Gasteiger partial charge on any atom is -0.497 e. The zero-order valence-electron chi connectivity index (χ0n) is 19.4. The molecular formula is C26H31FN2O4S. The van der Waals surface area contributed by atoms with Gasteiger partial charge in [0.05, 0.1) is 18.9 Å². The van der Waals surface area contributed by atoms with Crippen molar-refractivity contribution < 1.29 is 23.4 Å². The summed E-state index contributed by atoms with van der Waals surface area (Å²) in [4.78, 5) is 19.3. The number of hydrogen-bond acceptors (Lipinski definition) is 6. The number of piperidine rings is 1. The zero-order chi connectivity index (χ0) is 23.9. The zero-order valence-corrected chi connectivity index (χ0v) is 20.2. The van der Waals surface area contributed by atoms with Gasteiger partial charge in [0.25, 0.3) is 0 Å². The normalized spacial score (nSPS) is 19.8. The smallest absolute Gasteiger partial charge is 0.303 e. The predicted octanol–water partition coefficient (Wildman–Crippen LogP) is 5.83. The van der Waals surface area contributed by atoms with Gasteiger partial charge in [-0.05, 0) is 73.5 Å². The molecule has 8 heteroatoms. The maximum atomic E-state index is 15.4. The van der Waals surface area contributed by atoms with Crippen molar-refractivity contribution in [2.75, 3.05) is 32.5 Å². The topological polar surface area (TPSA) is 75.8 Å². The van der Waals surface area contributed by atoms with Crippen LogP contribution >= 0.6 is 11.8 Å². The number of alkyl halides is 1. The number of fused-ring (bicyclic) bond motifs is 1. The number of aliphatic carboxylic acids is 1. The largest absolute Gasteiger partial charge is 0.497 e. The van der Waals surface area contributed by atoms with Gasteiger partial charge >= 0.3 is 5.97 Å². The van der Waals surface area contributed by atoms with E-state index in [-0.39, 0.29) is 18.3 Å². The molecule has 1 aliphatic rings. The van der Waals surface area contributed by atoms with Crippen molar-refractivity contribution in [2.45, 2.75) is 36.8 Å². The summed E-state index contributed by atoms with van der Waals surface area (Å²) in [7, 11) is 1.59. The van der Waals surface area contributed by atoms with E-state index in [2.05, 4.69) is 9.88 Å². The van der Waals surface area contributed by atoms with E-state index in [0.717, 1.165) is 47.6 Å². The first kappa shape index (κ1) is 24.5. The van der Waals surface area contributed by atoms with Gasteiger partial charge in [-0.1, -0.05) is 0 Å². The number of thioether (sulfide) groups is 1. The van der Waals surface area contributed by atoms with Crippen molar-refractivity contribution in [2.24, 2.45) is 11.8 Å². The lowest BCUT2D eigenvalue weighted by Crippen LogP contribution is -2.42. The van der Waals surface area contributed by atoms with Gasteiger partial charge in [0.2, 0.25) is 0 Å². The molecule has 1 N–H and O–H groups in total. The highest BCUT2D eigenvalue weighted by Crippen LogP contribution is 2.36. The number of carboxylic acid groups (broad SMARTS) is 1. The second-order valence-corrected chi connectivity index (χ2v) is 10.0. The van der Waals surface area contributed by atoms with Gasteiger partial charge in [-0.3, -0.25) is 9.78 Å². The Morgan fingerprint density at radius 3 is 3.00 bits per heavy atom.